The molecule has 1 aromatic heterocycles. The van der Waals surface area contributed by atoms with Gasteiger partial charge in [0.15, 0.2) is 5.76 Å². The van der Waals surface area contributed by atoms with E-state index in [1.54, 1.807) is 12.1 Å². The average molecular weight is 222 g/mol. The third-order valence-electron chi connectivity index (χ3n) is 3.13. The summed E-state index contributed by atoms with van der Waals surface area (Å²) in [5.74, 6) is 0.198. The summed E-state index contributed by atoms with van der Waals surface area (Å²) in [4.78, 5) is 11.8. The molecule has 1 aliphatic carbocycles. The van der Waals surface area contributed by atoms with E-state index in [-0.39, 0.29) is 18.0 Å². The number of rotatable bonds is 2. The minimum Gasteiger partial charge on any atom is -0.459 e. The maximum Gasteiger partial charge on any atom is 0.287 e. The highest BCUT2D eigenvalue weighted by Gasteiger charge is 2.23. The Kier molecular flexibility index (Phi) is 3.62. The molecule has 16 heavy (non-hydrogen) atoms. The van der Waals surface area contributed by atoms with Gasteiger partial charge in [-0.05, 0) is 25.0 Å². The van der Waals surface area contributed by atoms with Gasteiger partial charge >= 0.3 is 0 Å². The third-order valence-corrected chi connectivity index (χ3v) is 3.13. The molecule has 0 saturated heterocycles. The Hall–Kier alpha value is -1.29. The minimum absolute atomic E-state index is 0.0708. The van der Waals surface area contributed by atoms with Gasteiger partial charge in [0.2, 0.25) is 0 Å². The highest BCUT2D eigenvalue weighted by molar-refractivity contribution is 5.91. The van der Waals surface area contributed by atoms with Crippen LogP contribution in [0.1, 0.15) is 42.7 Å². The quantitative estimate of drug-likeness (QED) is 0.748. The molecule has 2 unspecified atom stereocenters. The molecule has 0 radical (unpaired) electrons. The first-order valence-corrected chi connectivity index (χ1v) is 5.87. The van der Waals surface area contributed by atoms with Crippen molar-refractivity contribution >= 4 is 5.91 Å². The first-order valence-electron chi connectivity index (χ1n) is 5.87. The van der Waals surface area contributed by atoms with Gasteiger partial charge in [-0.3, -0.25) is 4.79 Å². The van der Waals surface area contributed by atoms with E-state index >= 15 is 0 Å². The molecule has 2 rings (SSSR count). The summed E-state index contributed by atoms with van der Waals surface area (Å²) in [5.41, 5.74) is 6.04. The predicted octanol–water partition coefficient (Wildman–Crippen LogP) is 1.67. The van der Waals surface area contributed by atoms with E-state index in [1.165, 1.54) is 12.7 Å². The van der Waals surface area contributed by atoms with E-state index < -0.39 is 0 Å². The molecular formula is C12H18N2O2. The van der Waals surface area contributed by atoms with Gasteiger partial charge in [-0.1, -0.05) is 19.3 Å². The molecule has 3 N–H and O–H groups in total. The molecule has 88 valence electrons. The molecule has 1 heterocycles. The standard InChI is InChI=1S/C12H18N2O2/c13-9-5-2-1-3-6-10(9)14-12(15)11-7-4-8-16-11/h4,7-10H,1-3,5-6,13H2,(H,14,15). The van der Waals surface area contributed by atoms with Gasteiger partial charge in [0, 0.05) is 12.1 Å². The lowest BCUT2D eigenvalue weighted by Gasteiger charge is -2.21. The van der Waals surface area contributed by atoms with E-state index in [4.69, 9.17) is 10.2 Å². The monoisotopic (exact) mass is 222 g/mol. The summed E-state index contributed by atoms with van der Waals surface area (Å²) in [6.07, 6.45) is 6.96. The van der Waals surface area contributed by atoms with Crippen LogP contribution < -0.4 is 11.1 Å². The number of carbonyl (C=O) groups is 1. The Labute approximate surface area is 95.2 Å². The van der Waals surface area contributed by atoms with Gasteiger partial charge in [0.05, 0.1) is 6.26 Å². The number of nitrogens with one attached hydrogen (secondary N) is 1. The van der Waals surface area contributed by atoms with Gasteiger partial charge in [-0.25, -0.2) is 0 Å². The van der Waals surface area contributed by atoms with Gasteiger partial charge in [-0.15, -0.1) is 0 Å². The zero-order chi connectivity index (χ0) is 11.4. The Balaban J connectivity index is 1.95. The molecule has 1 saturated carbocycles. The lowest BCUT2D eigenvalue weighted by Crippen LogP contribution is -2.46. The number of amides is 1. The average Bonchev–Trinajstić information content (AvgIpc) is 2.73. The first-order chi connectivity index (χ1) is 7.77. The molecule has 1 aromatic rings. The number of nitrogens with two attached hydrogens (primary N) is 1. The van der Waals surface area contributed by atoms with Crippen LogP contribution in [-0.4, -0.2) is 18.0 Å². The fraction of sp³-hybridized carbons (Fsp3) is 0.583. The molecule has 4 heteroatoms. The third kappa shape index (κ3) is 2.64. The lowest BCUT2D eigenvalue weighted by molar-refractivity contribution is 0.0900. The van der Waals surface area contributed by atoms with E-state index in [9.17, 15) is 4.79 Å². The van der Waals surface area contributed by atoms with Gasteiger partial charge in [0.1, 0.15) is 0 Å². The van der Waals surface area contributed by atoms with Gasteiger partial charge in [0.25, 0.3) is 5.91 Å². The fourth-order valence-electron chi connectivity index (χ4n) is 2.16. The van der Waals surface area contributed by atoms with E-state index in [2.05, 4.69) is 5.32 Å². The second-order valence-electron chi connectivity index (χ2n) is 4.36. The van der Waals surface area contributed by atoms with Crippen molar-refractivity contribution < 1.29 is 9.21 Å². The molecule has 0 aliphatic heterocycles. The summed E-state index contributed by atoms with van der Waals surface area (Å²) < 4.78 is 5.05. The smallest absolute Gasteiger partial charge is 0.287 e. The molecular weight excluding hydrogens is 204 g/mol. The minimum atomic E-state index is -0.160. The van der Waals surface area contributed by atoms with Crippen molar-refractivity contribution in [2.24, 2.45) is 5.73 Å². The van der Waals surface area contributed by atoms with E-state index in [0.29, 0.717) is 5.76 Å². The fourth-order valence-corrected chi connectivity index (χ4v) is 2.16. The van der Waals surface area contributed by atoms with E-state index in [1.807, 2.05) is 0 Å². The molecule has 2 atom stereocenters. The summed E-state index contributed by atoms with van der Waals surface area (Å²) >= 11 is 0. The summed E-state index contributed by atoms with van der Waals surface area (Å²) in [6, 6.07) is 3.53. The van der Waals surface area contributed by atoms with Crippen LogP contribution in [-0.2, 0) is 0 Å². The second-order valence-corrected chi connectivity index (χ2v) is 4.36. The van der Waals surface area contributed by atoms with Crippen molar-refractivity contribution in [3.63, 3.8) is 0 Å². The zero-order valence-electron chi connectivity index (χ0n) is 9.32. The summed E-state index contributed by atoms with van der Waals surface area (Å²) in [7, 11) is 0. The van der Waals surface area contributed by atoms with Crippen molar-refractivity contribution in [1.29, 1.82) is 0 Å². The largest absolute Gasteiger partial charge is 0.459 e. The van der Waals surface area contributed by atoms with Crippen molar-refractivity contribution in [3.8, 4) is 0 Å². The van der Waals surface area contributed by atoms with Gasteiger partial charge < -0.3 is 15.5 Å². The Morgan fingerprint density at radius 3 is 2.94 bits per heavy atom. The number of carbonyl (C=O) groups excluding carboxylic acids is 1. The maximum atomic E-state index is 11.8. The predicted molar refractivity (Wildman–Crippen MR) is 61.0 cm³/mol. The van der Waals surface area contributed by atoms with E-state index in [0.717, 1.165) is 25.7 Å². The van der Waals surface area contributed by atoms with Crippen LogP contribution >= 0.6 is 0 Å². The van der Waals surface area contributed by atoms with Crippen LogP contribution in [0, 0.1) is 0 Å². The zero-order valence-corrected chi connectivity index (χ0v) is 9.32. The Bertz CT molecular complexity index is 335. The summed E-state index contributed by atoms with van der Waals surface area (Å²) in [5, 5.41) is 2.95. The molecule has 1 aliphatic rings. The Morgan fingerprint density at radius 2 is 2.19 bits per heavy atom. The van der Waals surface area contributed by atoms with Crippen LogP contribution in [0.4, 0.5) is 0 Å². The normalized spacial score (nSPS) is 26.1. The van der Waals surface area contributed by atoms with Crippen molar-refractivity contribution in [2.75, 3.05) is 0 Å². The molecule has 4 nitrogen and oxygen atoms in total. The molecule has 0 spiro atoms. The maximum absolute atomic E-state index is 11.8. The highest BCUT2D eigenvalue weighted by Crippen LogP contribution is 2.17. The molecule has 1 fully saturated rings. The second kappa shape index (κ2) is 5.16. The topological polar surface area (TPSA) is 68.3 Å². The number of hydrogen-bond acceptors (Lipinski definition) is 3. The number of hydrogen-bond donors (Lipinski definition) is 2. The Morgan fingerprint density at radius 1 is 1.38 bits per heavy atom. The van der Waals surface area contributed by atoms with Crippen molar-refractivity contribution in [2.45, 2.75) is 44.2 Å². The van der Waals surface area contributed by atoms with Gasteiger partial charge in [-0.2, -0.15) is 0 Å². The van der Waals surface area contributed by atoms with Crippen molar-refractivity contribution in [1.82, 2.24) is 5.32 Å². The SMILES string of the molecule is NC1CCCCCC1NC(=O)c1ccco1. The van der Waals surface area contributed by atoms with Crippen LogP contribution in [0.3, 0.4) is 0 Å². The van der Waals surface area contributed by atoms with Crippen LogP contribution in [0.2, 0.25) is 0 Å². The lowest BCUT2D eigenvalue weighted by atomic mass is 10.0. The molecule has 1 amide bonds. The molecule has 0 bridgehead atoms. The number of furan rings is 1. The first kappa shape index (κ1) is 11.2. The van der Waals surface area contributed by atoms with Crippen LogP contribution in [0.5, 0.6) is 0 Å². The van der Waals surface area contributed by atoms with Crippen LogP contribution in [0.25, 0.3) is 0 Å². The molecule has 0 aromatic carbocycles. The summed E-state index contributed by atoms with van der Waals surface area (Å²) in [6.45, 7) is 0. The highest BCUT2D eigenvalue weighted by atomic mass is 16.3. The van der Waals surface area contributed by atoms with Crippen molar-refractivity contribution in [3.05, 3.63) is 24.2 Å². The van der Waals surface area contributed by atoms with Crippen LogP contribution in [0.15, 0.2) is 22.8 Å².